The van der Waals surface area contributed by atoms with Gasteiger partial charge in [-0.05, 0) is 30.5 Å². The first-order valence-corrected chi connectivity index (χ1v) is 8.62. The van der Waals surface area contributed by atoms with Crippen LogP contribution < -0.4 is 22.5 Å². The van der Waals surface area contributed by atoms with Crippen LogP contribution >= 0.6 is 11.3 Å². The van der Waals surface area contributed by atoms with Crippen LogP contribution in [0.4, 0.5) is 10.7 Å². The SMILES string of the molecule is COCc1ccc(CNC(=O)c2sc(N)c(/C(C)=C(/C)N)c2N)cc1. The molecule has 25 heavy (non-hydrogen) atoms. The van der Waals surface area contributed by atoms with Gasteiger partial charge in [-0.1, -0.05) is 24.3 Å². The minimum atomic E-state index is -0.246. The number of rotatable bonds is 6. The largest absolute Gasteiger partial charge is 0.402 e. The van der Waals surface area contributed by atoms with Crippen LogP contribution in [0.3, 0.4) is 0 Å². The summed E-state index contributed by atoms with van der Waals surface area (Å²) in [6.45, 7) is 4.59. The Hall–Kier alpha value is -2.51. The van der Waals surface area contributed by atoms with Crippen molar-refractivity contribution in [1.29, 1.82) is 0 Å². The zero-order chi connectivity index (χ0) is 18.6. The molecule has 6 nitrogen and oxygen atoms in total. The van der Waals surface area contributed by atoms with Crippen LogP contribution in [0.2, 0.25) is 0 Å². The van der Waals surface area contributed by atoms with Gasteiger partial charge in [-0.15, -0.1) is 11.3 Å². The van der Waals surface area contributed by atoms with Gasteiger partial charge in [0.2, 0.25) is 0 Å². The maximum absolute atomic E-state index is 12.5. The predicted octanol–water partition coefficient (Wildman–Crippen LogP) is 2.70. The molecule has 1 aromatic carbocycles. The molecule has 134 valence electrons. The molecule has 0 aliphatic rings. The maximum Gasteiger partial charge on any atom is 0.263 e. The average molecular weight is 360 g/mol. The van der Waals surface area contributed by atoms with Crippen LogP contribution in [-0.4, -0.2) is 13.0 Å². The van der Waals surface area contributed by atoms with E-state index in [1.807, 2.05) is 31.2 Å². The number of thiophene rings is 1. The fourth-order valence-corrected chi connectivity index (χ4v) is 3.36. The van der Waals surface area contributed by atoms with Crippen LogP contribution in [0.5, 0.6) is 0 Å². The highest BCUT2D eigenvalue weighted by Crippen LogP contribution is 2.38. The van der Waals surface area contributed by atoms with Crippen LogP contribution in [0.1, 0.15) is 40.2 Å². The summed E-state index contributed by atoms with van der Waals surface area (Å²) in [5, 5.41) is 3.37. The summed E-state index contributed by atoms with van der Waals surface area (Å²) in [5.41, 5.74) is 22.5. The molecule has 7 heteroatoms. The minimum absolute atomic E-state index is 0.246. The zero-order valence-corrected chi connectivity index (χ0v) is 15.5. The number of amides is 1. The first kappa shape index (κ1) is 18.8. The Morgan fingerprint density at radius 2 is 1.76 bits per heavy atom. The number of hydrogen-bond donors (Lipinski definition) is 4. The van der Waals surface area contributed by atoms with Crippen molar-refractivity contribution in [2.75, 3.05) is 18.6 Å². The Morgan fingerprint density at radius 3 is 2.32 bits per heavy atom. The van der Waals surface area contributed by atoms with Gasteiger partial charge in [0.05, 0.1) is 17.3 Å². The summed E-state index contributed by atoms with van der Waals surface area (Å²) >= 11 is 1.17. The third kappa shape index (κ3) is 4.32. The Morgan fingerprint density at radius 1 is 1.16 bits per heavy atom. The number of hydrogen-bond acceptors (Lipinski definition) is 6. The Labute approximate surface area is 151 Å². The molecule has 0 fully saturated rings. The second kappa shape index (κ2) is 8.04. The molecular formula is C18H24N4O2S. The van der Waals surface area contributed by atoms with E-state index < -0.39 is 0 Å². The van der Waals surface area contributed by atoms with E-state index in [2.05, 4.69) is 5.32 Å². The fourth-order valence-electron chi connectivity index (χ4n) is 2.40. The summed E-state index contributed by atoms with van der Waals surface area (Å²) < 4.78 is 5.08. The summed E-state index contributed by atoms with van der Waals surface area (Å²) in [4.78, 5) is 12.9. The molecule has 1 amide bonds. The highest BCUT2D eigenvalue weighted by molar-refractivity contribution is 7.18. The number of nitrogen functional groups attached to an aromatic ring is 2. The molecule has 0 atom stereocenters. The van der Waals surface area contributed by atoms with Crippen molar-refractivity contribution in [2.45, 2.75) is 27.0 Å². The number of nitrogens with one attached hydrogen (secondary N) is 1. The lowest BCUT2D eigenvalue weighted by atomic mass is 10.1. The maximum atomic E-state index is 12.5. The average Bonchev–Trinajstić information content (AvgIpc) is 2.88. The lowest BCUT2D eigenvalue weighted by Crippen LogP contribution is -2.22. The van der Waals surface area contributed by atoms with Crippen molar-refractivity contribution in [1.82, 2.24) is 5.32 Å². The van der Waals surface area contributed by atoms with Gasteiger partial charge in [-0.25, -0.2) is 0 Å². The predicted molar refractivity (Wildman–Crippen MR) is 104 cm³/mol. The van der Waals surface area contributed by atoms with Crippen molar-refractivity contribution >= 4 is 33.5 Å². The number of carbonyl (C=O) groups is 1. The molecule has 2 rings (SSSR count). The molecule has 0 bridgehead atoms. The van der Waals surface area contributed by atoms with E-state index in [0.717, 1.165) is 16.7 Å². The van der Waals surface area contributed by atoms with E-state index in [-0.39, 0.29) is 5.91 Å². The quantitative estimate of drug-likeness (QED) is 0.632. The van der Waals surface area contributed by atoms with Crippen LogP contribution in [0.15, 0.2) is 30.0 Å². The van der Waals surface area contributed by atoms with Gasteiger partial charge < -0.3 is 27.3 Å². The molecule has 0 aliphatic carbocycles. The molecule has 0 spiro atoms. The highest BCUT2D eigenvalue weighted by Gasteiger charge is 2.21. The van der Waals surface area contributed by atoms with Gasteiger partial charge in [0.1, 0.15) is 4.88 Å². The van der Waals surface area contributed by atoms with E-state index in [0.29, 0.717) is 40.0 Å². The number of benzene rings is 1. The van der Waals surface area contributed by atoms with Crippen molar-refractivity contribution in [3.63, 3.8) is 0 Å². The van der Waals surface area contributed by atoms with Crippen LogP contribution in [0.25, 0.3) is 5.57 Å². The van der Waals surface area contributed by atoms with Crippen LogP contribution in [0, 0.1) is 0 Å². The molecule has 0 radical (unpaired) electrons. The van der Waals surface area contributed by atoms with Gasteiger partial charge in [0.25, 0.3) is 5.91 Å². The lowest BCUT2D eigenvalue weighted by Gasteiger charge is -2.07. The summed E-state index contributed by atoms with van der Waals surface area (Å²) in [6, 6.07) is 7.85. The Balaban J connectivity index is 2.11. The number of allylic oxidation sites excluding steroid dienone is 2. The molecule has 1 aromatic heterocycles. The second-order valence-electron chi connectivity index (χ2n) is 5.82. The number of methoxy groups -OCH3 is 1. The summed E-state index contributed by atoms with van der Waals surface area (Å²) in [7, 11) is 1.66. The summed E-state index contributed by atoms with van der Waals surface area (Å²) in [6.07, 6.45) is 0. The molecule has 0 aliphatic heterocycles. The van der Waals surface area contributed by atoms with Gasteiger partial charge in [0.15, 0.2) is 0 Å². The molecule has 0 unspecified atom stereocenters. The molecule has 0 saturated carbocycles. The molecular weight excluding hydrogens is 336 g/mol. The van der Waals surface area contributed by atoms with Crippen molar-refractivity contribution in [3.8, 4) is 0 Å². The minimum Gasteiger partial charge on any atom is -0.402 e. The third-order valence-corrected chi connectivity index (χ3v) is 4.97. The highest BCUT2D eigenvalue weighted by atomic mass is 32.1. The lowest BCUT2D eigenvalue weighted by molar-refractivity contribution is 0.0955. The molecule has 0 saturated heterocycles. The monoisotopic (exact) mass is 360 g/mol. The van der Waals surface area contributed by atoms with E-state index in [1.54, 1.807) is 14.0 Å². The zero-order valence-electron chi connectivity index (χ0n) is 14.7. The Bertz CT molecular complexity index is 790. The van der Waals surface area contributed by atoms with E-state index in [1.165, 1.54) is 11.3 Å². The normalized spacial score (nSPS) is 12.0. The van der Waals surface area contributed by atoms with Crippen molar-refractivity contribution < 1.29 is 9.53 Å². The smallest absolute Gasteiger partial charge is 0.263 e. The van der Waals surface area contributed by atoms with Gasteiger partial charge in [-0.2, -0.15) is 0 Å². The number of nitrogens with two attached hydrogens (primary N) is 3. The number of anilines is 2. The van der Waals surface area contributed by atoms with Crippen LogP contribution in [-0.2, 0) is 17.9 Å². The number of carbonyl (C=O) groups excluding carboxylic acids is 1. The first-order valence-electron chi connectivity index (χ1n) is 7.81. The third-order valence-electron chi connectivity index (χ3n) is 3.93. The van der Waals surface area contributed by atoms with Gasteiger partial charge in [-0.3, -0.25) is 4.79 Å². The first-order chi connectivity index (χ1) is 11.8. The topological polar surface area (TPSA) is 116 Å². The molecule has 1 heterocycles. The fraction of sp³-hybridized carbons (Fsp3) is 0.278. The van der Waals surface area contributed by atoms with Crippen molar-refractivity contribution in [2.24, 2.45) is 5.73 Å². The number of ether oxygens (including phenoxy) is 1. The van der Waals surface area contributed by atoms with E-state index >= 15 is 0 Å². The Kier molecular flexibility index (Phi) is 6.06. The van der Waals surface area contributed by atoms with E-state index in [4.69, 9.17) is 21.9 Å². The summed E-state index contributed by atoms with van der Waals surface area (Å²) in [5.74, 6) is -0.246. The second-order valence-corrected chi connectivity index (χ2v) is 6.88. The molecule has 7 N–H and O–H groups in total. The van der Waals surface area contributed by atoms with Gasteiger partial charge >= 0.3 is 0 Å². The van der Waals surface area contributed by atoms with Crippen molar-refractivity contribution in [3.05, 3.63) is 51.5 Å². The van der Waals surface area contributed by atoms with E-state index in [9.17, 15) is 4.79 Å². The standard InChI is InChI=1S/C18H24N4O2S/c1-10(11(2)19)14-15(20)16(25-17(14)21)18(23)22-8-12-4-6-13(7-5-12)9-24-3/h4-7H,8-9,19-21H2,1-3H3,(H,22,23)/b11-10-. The van der Waals surface area contributed by atoms with Gasteiger partial charge in [0, 0.05) is 24.9 Å². The molecule has 2 aromatic rings.